The SMILES string of the molecule is COc1ccc(C)cc1NC(=O)c1cc(-c2ccccc2F)nc2onc(C)c12. The van der Waals surface area contributed by atoms with E-state index in [0.29, 0.717) is 22.5 Å². The standard InChI is InChI=1S/C22H18FN3O3/c1-12-8-9-19(28-3)18(10-12)24-21(27)15-11-17(14-6-4-5-7-16(14)23)25-22-20(15)13(2)26-29-22/h4-11H,1-3H3,(H,24,27). The van der Waals surface area contributed by atoms with E-state index in [0.717, 1.165) is 5.56 Å². The molecule has 2 aromatic carbocycles. The van der Waals surface area contributed by atoms with Crippen LogP contribution in [0, 0.1) is 19.7 Å². The van der Waals surface area contributed by atoms with E-state index in [1.807, 2.05) is 19.1 Å². The monoisotopic (exact) mass is 391 g/mol. The Bertz CT molecular complexity index is 1230. The molecule has 2 aromatic heterocycles. The molecule has 6 nitrogen and oxygen atoms in total. The van der Waals surface area contributed by atoms with Gasteiger partial charge in [-0.3, -0.25) is 4.79 Å². The van der Waals surface area contributed by atoms with Gasteiger partial charge < -0.3 is 14.6 Å². The minimum absolute atomic E-state index is 0.171. The second-order valence-electron chi connectivity index (χ2n) is 6.64. The summed E-state index contributed by atoms with van der Waals surface area (Å²) in [7, 11) is 1.53. The highest BCUT2D eigenvalue weighted by molar-refractivity contribution is 6.13. The van der Waals surface area contributed by atoms with Crippen molar-refractivity contribution < 1.29 is 18.4 Å². The topological polar surface area (TPSA) is 77.2 Å². The molecule has 2 heterocycles. The predicted molar refractivity (Wildman–Crippen MR) is 108 cm³/mol. The number of anilines is 1. The Kier molecular flexibility index (Phi) is 4.72. The van der Waals surface area contributed by atoms with Gasteiger partial charge in [-0.15, -0.1) is 0 Å². The van der Waals surface area contributed by atoms with Gasteiger partial charge in [-0.25, -0.2) is 9.37 Å². The number of hydrogen-bond donors (Lipinski definition) is 1. The molecule has 29 heavy (non-hydrogen) atoms. The van der Waals surface area contributed by atoms with Crippen molar-refractivity contribution in [2.75, 3.05) is 12.4 Å². The highest BCUT2D eigenvalue weighted by atomic mass is 19.1. The maximum Gasteiger partial charge on any atom is 0.259 e. The lowest BCUT2D eigenvalue weighted by molar-refractivity contribution is 0.102. The van der Waals surface area contributed by atoms with Crippen molar-refractivity contribution in [1.29, 1.82) is 0 Å². The zero-order chi connectivity index (χ0) is 20.5. The van der Waals surface area contributed by atoms with E-state index in [4.69, 9.17) is 9.26 Å². The third-order valence-electron chi connectivity index (χ3n) is 4.61. The molecule has 0 saturated heterocycles. The lowest BCUT2D eigenvalue weighted by atomic mass is 10.0. The smallest absolute Gasteiger partial charge is 0.259 e. The summed E-state index contributed by atoms with van der Waals surface area (Å²) in [5.41, 5.74) is 3.03. The number of benzene rings is 2. The molecule has 0 atom stereocenters. The first kappa shape index (κ1) is 18.6. The molecule has 0 fully saturated rings. The highest BCUT2D eigenvalue weighted by Crippen LogP contribution is 2.30. The van der Waals surface area contributed by atoms with Crippen LogP contribution >= 0.6 is 0 Å². The molecule has 0 spiro atoms. The first-order valence-corrected chi connectivity index (χ1v) is 8.96. The van der Waals surface area contributed by atoms with E-state index in [-0.39, 0.29) is 22.5 Å². The summed E-state index contributed by atoms with van der Waals surface area (Å²) in [6.45, 7) is 3.64. The van der Waals surface area contributed by atoms with Gasteiger partial charge >= 0.3 is 0 Å². The Morgan fingerprint density at radius 1 is 1.14 bits per heavy atom. The van der Waals surface area contributed by atoms with Gasteiger partial charge in [0.2, 0.25) is 0 Å². The average molecular weight is 391 g/mol. The summed E-state index contributed by atoms with van der Waals surface area (Å²) in [5.74, 6) is -0.307. The maximum atomic E-state index is 14.3. The van der Waals surface area contributed by atoms with Crippen LogP contribution in [0.4, 0.5) is 10.1 Å². The Morgan fingerprint density at radius 3 is 2.69 bits per heavy atom. The third kappa shape index (κ3) is 3.42. The first-order valence-electron chi connectivity index (χ1n) is 8.96. The summed E-state index contributed by atoms with van der Waals surface area (Å²) in [6, 6.07) is 13.3. The van der Waals surface area contributed by atoms with Gasteiger partial charge in [0, 0.05) is 5.56 Å². The average Bonchev–Trinajstić information content (AvgIpc) is 3.09. The summed E-state index contributed by atoms with van der Waals surface area (Å²) in [5, 5.41) is 7.26. The van der Waals surface area contributed by atoms with E-state index >= 15 is 0 Å². The van der Waals surface area contributed by atoms with Crippen LogP contribution < -0.4 is 10.1 Å². The minimum atomic E-state index is -0.442. The number of carbonyl (C=O) groups excluding carboxylic acids is 1. The van der Waals surface area contributed by atoms with Crippen molar-refractivity contribution in [3.8, 4) is 17.0 Å². The molecule has 0 saturated carbocycles. The molecular formula is C22H18FN3O3. The normalized spacial score (nSPS) is 10.9. The van der Waals surface area contributed by atoms with Gasteiger partial charge in [0.05, 0.1) is 35.1 Å². The molecule has 0 aliphatic rings. The number of amides is 1. The summed E-state index contributed by atoms with van der Waals surface area (Å²) >= 11 is 0. The van der Waals surface area contributed by atoms with Crippen molar-refractivity contribution in [2.24, 2.45) is 0 Å². The van der Waals surface area contributed by atoms with Gasteiger partial charge in [-0.1, -0.05) is 23.4 Å². The molecule has 7 heteroatoms. The molecular weight excluding hydrogens is 373 g/mol. The van der Waals surface area contributed by atoms with Crippen LogP contribution in [0.5, 0.6) is 5.75 Å². The van der Waals surface area contributed by atoms with E-state index in [1.54, 1.807) is 37.3 Å². The predicted octanol–water partition coefficient (Wildman–Crippen LogP) is 4.91. The van der Waals surface area contributed by atoms with Gasteiger partial charge in [0.1, 0.15) is 11.6 Å². The van der Waals surface area contributed by atoms with Crippen LogP contribution in [-0.4, -0.2) is 23.2 Å². The largest absolute Gasteiger partial charge is 0.495 e. The molecule has 0 aliphatic carbocycles. The van der Waals surface area contributed by atoms with Crippen molar-refractivity contribution in [1.82, 2.24) is 10.1 Å². The van der Waals surface area contributed by atoms with E-state index in [1.165, 1.54) is 13.2 Å². The first-order chi connectivity index (χ1) is 14.0. The molecule has 4 rings (SSSR count). The van der Waals surface area contributed by atoms with E-state index in [9.17, 15) is 9.18 Å². The molecule has 146 valence electrons. The second-order valence-corrected chi connectivity index (χ2v) is 6.64. The van der Waals surface area contributed by atoms with Crippen molar-refractivity contribution >= 4 is 22.7 Å². The summed E-state index contributed by atoms with van der Waals surface area (Å²) < 4.78 is 24.9. The number of fused-ring (bicyclic) bond motifs is 1. The number of aromatic nitrogens is 2. The number of hydrogen-bond acceptors (Lipinski definition) is 5. The second kappa shape index (κ2) is 7.35. The van der Waals surface area contributed by atoms with Gasteiger partial charge in [0.25, 0.3) is 11.6 Å². The number of nitrogens with one attached hydrogen (secondary N) is 1. The number of aryl methyl sites for hydroxylation is 2. The fourth-order valence-corrected chi connectivity index (χ4v) is 3.19. The zero-order valence-electron chi connectivity index (χ0n) is 16.1. The van der Waals surface area contributed by atoms with Crippen molar-refractivity contribution in [2.45, 2.75) is 13.8 Å². The molecule has 1 amide bonds. The zero-order valence-corrected chi connectivity index (χ0v) is 16.1. The number of halogens is 1. The molecule has 1 N–H and O–H groups in total. The number of methoxy groups -OCH3 is 1. The van der Waals surface area contributed by atoms with Crippen LogP contribution in [0.15, 0.2) is 53.1 Å². The maximum absolute atomic E-state index is 14.3. The Hall–Kier alpha value is -3.74. The lowest BCUT2D eigenvalue weighted by Gasteiger charge is -2.12. The van der Waals surface area contributed by atoms with Crippen molar-refractivity contribution in [3.05, 3.63) is 71.2 Å². The fraction of sp³-hybridized carbons (Fsp3) is 0.136. The summed E-state index contributed by atoms with van der Waals surface area (Å²) in [6.07, 6.45) is 0. The molecule has 0 radical (unpaired) electrons. The van der Waals surface area contributed by atoms with Gasteiger partial charge in [0.15, 0.2) is 0 Å². The number of rotatable bonds is 4. The fourth-order valence-electron chi connectivity index (χ4n) is 3.19. The third-order valence-corrected chi connectivity index (χ3v) is 4.61. The Balaban J connectivity index is 1.84. The molecule has 0 bridgehead atoms. The Morgan fingerprint density at radius 2 is 1.93 bits per heavy atom. The van der Waals surface area contributed by atoms with Crippen LogP contribution in [0.25, 0.3) is 22.4 Å². The molecule has 0 unspecified atom stereocenters. The van der Waals surface area contributed by atoms with E-state index in [2.05, 4.69) is 15.5 Å². The number of pyridine rings is 1. The minimum Gasteiger partial charge on any atom is -0.495 e. The quantitative estimate of drug-likeness (QED) is 0.535. The molecule has 4 aromatic rings. The summed E-state index contributed by atoms with van der Waals surface area (Å²) in [4.78, 5) is 17.5. The number of nitrogens with zero attached hydrogens (tertiary/aromatic N) is 2. The lowest BCUT2D eigenvalue weighted by Crippen LogP contribution is -2.14. The van der Waals surface area contributed by atoms with Crippen LogP contribution in [-0.2, 0) is 0 Å². The highest BCUT2D eigenvalue weighted by Gasteiger charge is 2.21. The number of carbonyl (C=O) groups is 1. The van der Waals surface area contributed by atoms with Crippen LogP contribution in [0.2, 0.25) is 0 Å². The Labute approximate surface area is 166 Å². The van der Waals surface area contributed by atoms with E-state index < -0.39 is 11.7 Å². The van der Waals surface area contributed by atoms with Crippen molar-refractivity contribution in [3.63, 3.8) is 0 Å². The molecule has 0 aliphatic heterocycles. The van der Waals surface area contributed by atoms with Crippen LogP contribution in [0.1, 0.15) is 21.6 Å². The van der Waals surface area contributed by atoms with Gasteiger partial charge in [-0.05, 0) is 49.7 Å². The van der Waals surface area contributed by atoms with Crippen LogP contribution in [0.3, 0.4) is 0 Å². The van der Waals surface area contributed by atoms with Gasteiger partial charge in [-0.2, -0.15) is 0 Å². The number of ether oxygens (including phenoxy) is 1.